The second-order valence-electron chi connectivity index (χ2n) is 7.26. The Kier molecular flexibility index (Phi) is 4.65. The molecule has 0 spiro atoms. The number of carbonyl (C=O) groups excluding carboxylic acids is 1. The predicted molar refractivity (Wildman–Crippen MR) is 87.0 cm³/mol. The van der Waals surface area contributed by atoms with Gasteiger partial charge in [0.1, 0.15) is 5.60 Å². The minimum Gasteiger partial charge on any atom is -0.455 e. The van der Waals surface area contributed by atoms with Crippen molar-refractivity contribution < 1.29 is 9.53 Å². The van der Waals surface area contributed by atoms with Gasteiger partial charge in [-0.15, -0.1) is 0 Å². The highest BCUT2D eigenvalue weighted by atomic mass is 16.6. The highest BCUT2D eigenvalue weighted by Gasteiger charge is 2.50. The van der Waals surface area contributed by atoms with Gasteiger partial charge < -0.3 is 4.74 Å². The molecule has 0 heterocycles. The SMILES string of the molecule is C=C(C)C(=O)OC(CC)(CC)C1(C)C=C2CCCC(C2)C1. The average Bonchev–Trinajstić information content (AvgIpc) is 2.43. The fourth-order valence-corrected chi connectivity index (χ4v) is 4.51. The van der Waals surface area contributed by atoms with Gasteiger partial charge in [-0.3, -0.25) is 0 Å². The molecule has 0 aromatic rings. The number of hydrogen-bond acceptors (Lipinski definition) is 2. The molecule has 0 aromatic carbocycles. The van der Waals surface area contributed by atoms with Gasteiger partial charge in [0.15, 0.2) is 0 Å². The van der Waals surface area contributed by atoms with Crippen molar-refractivity contribution in [1.29, 1.82) is 0 Å². The molecule has 2 unspecified atom stereocenters. The first-order chi connectivity index (χ1) is 9.86. The lowest BCUT2D eigenvalue weighted by Crippen LogP contribution is -2.50. The van der Waals surface area contributed by atoms with Crippen LogP contribution in [0.15, 0.2) is 23.8 Å². The zero-order valence-corrected chi connectivity index (χ0v) is 14.1. The van der Waals surface area contributed by atoms with E-state index >= 15 is 0 Å². The molecule has 2 rings (SSSR count). The Balaban J connectivity index is 2.36. The van der Waals surface area contributed by atoms with Gasteiger partial charge in [0.2, 0.25) is 0 Å². The minimum absolute atomic E-state index is 0.0414. The van der Waals surface area contributed by atoms with E-state index in [0.717, 1.165) is 25.2 Å². The standard InChI is InChI=1S/C19H30O2/c1-6-19(7-2,21-17(20)14(3)4)18(5)12-15-9-8-10-16(11-15)13-18/h12,16H,3,6-11,13H2,1-2,4-5H3. The topological polar surface area (TPSA) is 26.3 Å². The number of fused-ring (bicyclic) bond motifs is 2. The Bertz CT molecular complexity index is 456. The maximum Gasteiger partial charge on any atom is 0.333 e. The van der Waals surface area contributed by atoms with Crippen molar-refractivity contribution in [3.8, 4) is 0 Å². The number of carbonyl (C=O) groups is 1. The van der Waals surface area contributed by atoms with Crippen molar-refractivity contribution in [2.45, 2.75) is 78.2 Å². The molecule has 2 bridgehead atoms. The van der Waals surface area contributed by atoms with Crippen LogP contribution in [0, 0.1) is 11.3 Å². The Labute approximate surface area is 129 Å². The lowest BCUT2D eigenvalue weighted by molar-refractivity contribution is -0.171. The van der Waals surface area contributed by atoms with Crippen LogP contribution in [0.4, 0.5) is 0 Å². The van der Waals surface area contributed by atoms with Gasteiger partial charge in [0.05, 0.1) is 0 Å². The molecular formula is C19H30O2. The zero-order valence-electron chi connectivity index (χ0n) is 14.1. The van der Waals surface area contributed by atoms with Crippen LogP contribution in [0.5, 0.6) is 0 Å². The highest BCUT2D eigenvalue weighted by Crippen LogP contribution is 2.53. The number of ether oxygens (including phenoxy) is 1. The fraction of sp³-hybridized carbons (Fsp3) is 0.737. The molecule has 0 radical (unpaired) electrons. The third kappa shape index (κ3) is 2.95. The van der Waals surface area contributed by atoms with Crippen LogP contribution in [0.1, 0.15) is 72.6 Å². The molecule has 0 aromatic heterocycles. The van der Waals surface area contributed by atoms with E-state index in [1.165, 1.54) is 25.7 Å². The molecule has 2 heteroatoms. The highest BCUT2D eigenvalue weighted by molar-refractivity contribution is 5.87. The van der Waals surface area contributed by atoms with Gasteiger partial charge in [0.25, 0.3) is 0 Å². The van der Waals surface area contributed by atoms with E-state index in [4.69, 9.17) is 4.74 Å². The van der Waals surface area contributed by atoms with Crippen LogP contribution >= 0.6 is 0 Å². The molecule has 0 amide bonds. The van der Waals surface area contributed by atoms with Gasteiger partial charge in [-0.1, -0.05) is 39.0 Å². The summed E-state index contributed by atoms with van der Waals surface area (Å²) in [5, 5.41) is 0. The summed E-state index contributed by atoms with van der Waals surface area (Å²) in [5.41, 5.74) is 1.64. The summed E-state index contributed by atoms with van der Waals surface area (Å²) in [6.07, 6.45) is 10.4. The lowest BCUT2D eigenvalue weighted by atomic mass is 9.59. The molecule has 1 saturated carbocycles. The number of esters is 1. The number of allylic oxidation sites excluding steroid dienone is 1. The molecule has 2 nitrogen and oxygen atoms in total. The molecule has 118 valence electrons. The second-order valence-corrected chi connectivity index (χ2v) is 7.26. The van der Waals surface area contributed by atoms with Gasteiger partial charge in [-0.25, -0.2) is 4.79 Å². The van der Waals surface area contributed by atoms with Gasteiger partial charge >= 0.3 is 5.97 Å². The summed E-state index contributed by atoms with van der Waals surface area (Å²) < 4.78 is 6.02. The van der Waals surface area contributed by atoms with E-state index in [1.807, 2.05) is 0 Å². The monoisotopic (exact) mass is 290 g/mol. The van der Waals surface area contributed by atoms with E-state index in [9.17, 15) is 4.79 Å². The van der Waals surface area contributed by atoms with E-state index in [-0.39, 0.29) is 11.4 Å². The van der Waals surface area contributed by atoms with Crippen LogP contribution in [0.25, 0.3) is 0 Å². The van der Waals surface area contributed by atoms with Crippen molar-refractivity contribution in [2.75, 3.05) is 0 Å². The summed E-state index contributed by atoms with van der Waals surface area (Å²) >= 11 is 0. The molecule has 0 N–H and O–H groups in total. The van der Waals surface area contributed by atoms with Crippen LogP contribution in [0.2, 0.25) is 0 Å². The fourth-order valence-electron chi connectivity index (χ4n) is 4.51. The van der Waals surface area contributed by atoms with Crippen molar-refractivity contribution >= 4 is 5.97 Å². The normalized spacial score (nSPS) is 28.8. The molecule has 1 fully saturated rings. The van der Waals surface area contributed by atoms with Crippen LogP contribution in [-0.2, 0) is 9.53 Å². The van der Waals surface area contributed by atoms with Crippen molar-refractivity contribution in [1.82, 2.24) is 0 Å². The Hall–Kier alpha value is -1.05. The Morgan fingerprint density at radius 3 is 2.67 bits per heavy atom. The average molecular weight is 290 g/mol. The molecule has 2 aliphatic carbocycles. The smallest absolute Gasteiger partial charge is 0.333 e. The number of rotatable bonds is 5. The molecule has 21 heavy (non-hydrogen) atoms. The maximum absolute atomic E-state index is 12.2. The predicted octanol–water partition coefficient (Wildman–Crippen LogP) is 5.19. The maximum atomic E-state index is 12.2. The van der Waals surface area contributed by atoms with E-state index in [2.05, 4.69) is 33.4 Å². The first-order valence-corrected chi connectivity index (χ1v) is 8.45. The van der Waals surface area contributed by atoms with Gasteiger partial charge in [-0.2, -0.15) is 0 Å². The van der Waals surface area contributed by atoms with Crippen molar-refractivity contribution in [3.05, 3.63) is 23.8 Å². The summed E-state index contributed by atoms with van der Waals surface area (Å²) in [6, 6.07) is 0. The molecular weight excluding hydrogens is 260 g/mol. The summed E-state index contributed by atoms with van der Waals surface area (Å²) in [4.78, 5) is 12.2. The summed E-state index contributed by atoms with van der Waals surface area (Å²) in [7, 11) is 0. The largest absolute Gasteiger partial charge is 0.455 e. The summed E-state index contributed by atoms with van der Waals surface area (Å²) in [5.74, 6) is 0.527. The third-order valence-corrected chi connectivity index (χ3v) is 5.72. The first kappa shape index (κ1) is 16.3. The second kappa shape index (κ2) is 5.98. The van der Waals surface area contributed by atoms with Gasteiger partial charge in [0, 0.05) is 11.0 Å². The van der Waals surface area contributed by atoms with Crippen molar-refractivity contribution in [2.24, 2.45) is 11.3 Å². The Morgan fingerprint density at radius 2 is 2.14 bits per heavy atom. The molecule has 0 aliphatic heterocycles. The van der Waals surface area contributed by atoms with Crippen LogP contribution in [0.3, 0.4) is 0 Å². The van der Waals surface area contributed by atoms with E-state index in [0.29, 0.717) is 5.57 Å². The molecule has 2 atom stereocenters. The minimum atomic E-state index is -0.399. The third-order valence-electron chi connectivity index (χ3n) is 5.72. The lowest BCUT2D eigenvalue weighted by Gasteiger charge is -2.51. The van der Waals surface area contributed by atoms with E-state index in [1.54, 1.807) is 12.5 Å². The first-order valence-electron chi connectivity index (χ1n) is 8.45. The zero-order chi connectivity index (χ0) is 15.7. The van der Waals surface area contributed by atoms with Crippen molar-refractivity contribution in [3.63, 3.8) is 0 Å². The van der Waals surface area contributed by atoms with Gasteiger partial charge in [-0.05, 0) is 57.8 Å². The molecule has 2 aliphatic rings. The van der Waals surface area contributed by atoms with E-state index < -0.39 is 5.60 Å². The van der Waals surface area contributed by atoms with Crippen LogP contribution in [-0.4, -0.2) is 11.6 Å². The quantitative estimate of drug-likeness (QED) is 0.395. The number of hydrogen-bond donors (Lipinski definition) is 0. The summed E-state index contributed by atoms with van der Waals surface area (Å²) in [6.45, 7) is 12.1. The molecule has 0 saturated heterocycles. The Morgan fingerprint density at radius 1 is 1.48 bits per heavy atom. The van der Waals surface area contributed by atoms with Crippen LogP contribution < -0.4 is 0 Å².